The molecule has 1 aliphatic rings. The minimum absolute atomic E-state index is 0.00144. The molecule has 0 aliphatic carbocycles. The number of carbonyl (C=O) groups excluding carboxylic acids is 1. The van der Waals surface area contributed by atoms with Crippen LogP contribution in [0.5, 0.6) is 5.75 Å². The van der Waals surface area contributed by atoms with Crippen LogP contribution in [-0.2, 0) is 11.3 Å². The highest BCUT2D eigenvalue weighted by molar-refractivity contribution is 6.04. The van der Waals surface area contributed by atoms with Crippen molar-refractivity contribution in [2.75, 3.05) is 4.90 Å². The van der Waals surface area contributed by atoms with Gasteiger partial charge in [-0.2, -0.15) is 0 Å². The van der Waals surface area contributed by atoms with Gasteiger partial charge in [-0.25, -0.2) is 8.78 Å². The van der Waals surface area contributed by atoms with Crippen LogP contribution in [0.3, 0.4) is 0 Å². The molecular formula is C15H12F2N2O2. The summed E-state index contributed by atoms with van der Waals surface area (Å²) in [6.07, 6.45) is 0. The van der Waals surface area contributed by atoms with Crippen molar-refractivity contribution in [1.82, 2.24) is 0 Å². The van der Waals surface area contributed by atoms with E-state index in [-0.39, 0.29) is 23.5 Å². The first kappa shape index (κ1) is 13.5. The van der Waals surface area contributed by atoms with E-state index < -0.39 is 23.6 Å². The lowest BCUT2D eigenvalue weighted by atomic mass is 10.1. The molecule has 2 aromatic carbocycles. The Morgan fingerprint density at radius 2 is 2.00 bits per heavy atom. The van der Waals surface area contributed by atoms with E-state index in [0.717, 1.165) is 6.07 Å². The molecule has 0 saturated heterocycles. The third kappa shape index (κ3) is 2.23. The number of benzene rings is 2. The van der Waals surface area contributed by atoms with Crippen molar-refractivity contribution in [3.63, 3.8) is 0 Å². The number of amides is 1. The number of rotatable bonds is 2. The summed E-state index contributed by atoms with van der Waals surface area (Å²) >= 11 is 0. The lowest BCUT2D eigenvalue weighted by Gasteiger charge is -2.18. The molecule has 1 amide bonds. The standard InChI is InChI=1S/C15H12F2N2O2/c16-9-5-11(17)13-12(6-9)19(15(21)14(13)18)7-8-2-1-3-10(20)4-8/h1-6,14,20H,7,18H2. The Bertz CT molecular complexity index is 734. The van der Waals surface area contributed by atoms with Crippen LogP contribution in [0.15, 0.2) is 36.4 Å². The van der Waals surface area contributed by atoms with E-state index in [4.69, 9.17) is 5.73 Å². The molecule has 4 nitrogen and oxygen atoms in total. The highest BCUT2D eigenvalue weighted by Crippen LogP contribution is 2.38. The summed E-state index contributed by atoms with van der Waals surface area (Å²) in [5, 5.41) is 9.44. The van der Waals surface area contributed by atoms with Crippen molar-refractivity contribution in [2.45, 2.75) is 12.6 Å². The SMILES string of the molecule is NC1C(=O)N(Cc2cccc(O)c2)c2cc(F)cc(F)c21. The number of phenolic OH excluding ortho intramolecular Hbond substituents is 1. The fourth-order valence-corrected chi connectivity index (χ4v) is 2.51. The average Bonchev–Trinajstić information content (AvgIpc) is 2.64. The highest BCUT2D eigenvalue weighted by atomic mass is 19.1. The predicted molar refractivity (Wildman–Crippen MR) is 72.6 cm³/mol. The summed E-state index contributed by atoms with van der Waals surface area (Å²) in [5.74, 6) is -2.05. The monoisotopic (exact) mass is 290 g/mol. The third-order valence-electron chi connectivity index (χ3n) is 3.46. The number of aromatic hydroxyl groups is 1. The van der Waals surface area contributed by atoms with Gasteiger partial charge in [0.25, 0.3) is 0 Å². The molecule has 1 aliphatic heterocycles. The predicted octanol–water partition coefficient (Wildman–Crippen LogP) is 2.22. The number of nitrogens with zero attached hydrogens (tertiary/aromatic N) is 1. The summed E-state index contributed by atoms with van der Waals surface area (Å²) in [5.41, 5.74) is 6.48. The van der Waals surface area contributed by atoms with Gasteiger partial charge in [0.1, 0.15) is 23.4 Å². The molecule has 0 fully saturated rings. The first-order valence-electron chi connectivity index (χ1n) is 6.31. The van der Waals surface area contributed by atoms with Crippen molar-refractivity contribution in [2.24, 2.45) is 5.73 Å². The van der Waals surface area contributed by atoms with Crippen LogP contribution in [0.4, 0.5) is 14.5 Å². The molecule has 6 heteroatoms. The molecule has 0 radical (unpaired) electrons. The summed E-state index contributed by atoms with van der Waals surface area (Å²) in [6.45, 7) is 0.0802. The minimum Gasteiger partial charge on any atom is -0.508 e. The van der Waals surface area contributed by atoms with Crippen LogP contribution in [0.2, 0.25) is 0 Å². The van der Waals surface area contributed by atoms with E-state index in [9.17, 15) is 18.7 Å². The molecule has 0 aromatic heterocycles. The second kappa shape index (κ2) is 4.82. The molecule has 0 bridgehead atoms. The number of anilines is 1. The summed E-state index contributed by atoms with van der Waals surface area (Å²) in [7, 11) is 0. The normalized spacial score (nSPS) is 17.2. The van der Waals surface area contributed by atoms with Crippen LogP contribution in [0, 0.1) is 11.6 Å². The van der Waals surface area contributed by atoms with Gasteiger partial charge in [-0.05, 0) is 23.8 Å². The summed E-state index contributed by atoms with van der Waals surface area (Å²) in [6, 6.07) is 6.96. The van der Waals surface area contributed by atoms with Crippen molar-refractivity contribution >= 4 is 11.6 Å². The molecule has 108 valence electrons. The smallest absolute Gasteiger partial charge is 0.249 e. The van der Waals surface area contributed by atoms with Gasteiger partial charge in [0.05, 0.1) is 12.2 Å². The molecule has 0 spiro atoms. The van der Waals surface area contributed by atoms with Gasteiger partial charge in [0, 0.05) is 11.6 Å². The molecule has 0 saturated carbocycles. The van der Waals surface area contributed by atoms with Crippen LogP contribution < -0.4 is 10.6 Å². The molecular weight excluding hydrogens is 278 g/mol. The van der Waals surface area contributed by atoms with Crippen LogP contribution >= 0.6 is 0 Å². The Hall–Kier alpha value is -2.47. The van der Waals surface area contributed by atoms with Gasteiger partial charge in [-0.15, -0.1) is 0 Å². The topological polar surface area (TPSA) is 66.6 Å². The van der Waals surface area contributed by atoms with Gasteiger partial charge >= 0.3 is 0 Å². The van der Waals surface area contributed by atoms with E-state index in [1.54, 1.807) is 12.1 Å². The Kier molecular flexibility index (Phi) is 3.10. The number of hydrogen-bond acceptors (Lipinski definition) is 3. The Labute approximate surface area is 119 Å². The number of phenols is 1. The van der Waals surface area contributed by atoms with Gasteiger partial charge < -0.3 is 15.7 Å². The number of carbonyl (C=O) groups is 1. The van der Waals surface area contributed by atoms with Crippen LogP contribution in [0.25, 0.3) is 0 Å². The first-order chi connectivity index (χ1) is 9.97. The summed E-state index contributed by atoms with van der Waals surface area (Å²) in [4.78, 5) is 13.4. The molecule has 1 heterocycles. The zero-order valence-electron chi connectivity index (χ0n) is 10.9. The molecule has 1 atom stereocenters. The number of halogens is 2. The van der Waals surface area contributed by atoms with Gasteiger partial charge in [0.2, 0.25) is 5.91 Å². The van der Waals surface area contributed by atoms with E-state index in [1.807, 2.05) is 0 Å². The lowest BCUT2D eigenvalue weighted by Crippen LogP contribution is -2.31. The first-order valence-corrected chi connectivity index (χ1v) is 6.31. The maximum atomic E-state index is 13.8. The van der Waals surface area contributed by atoms with E-state index in [2.05, 4.69) is 0 Å². The summed E-state index contributed by atoms with van der Waals surface area (Å²) < 4.78 is 27.2. The number of fused-ring (bicyclic) bond motifs is 1. The maximum Gasteiger partial charge on any atom is 0.249 e. The number of nitrogens with two attached hydrogens (primary N) is 1. The van der Waals surface area contributed by atoms with Crippen molar-refractivity contribution in [3.8, 4) is 5.75 Å². The molecule has 2 aromatic rings. The fraction of sp³-hybridized carbons (Fsp3) is 0.133. The van der Waals surface area contributed by atoms with Crippen LogP contribution in [-0.4, -0.2) is 11.0 Å². The largest absolute Gasteiger partial charge is 0.508 e. The zero-order chi connectivity index (χ0) is 15.1. The molecule has 1 unspecified atom stereocenters. The van der Waals surface area contributed by atoms with Gasteiger partial charge in [0.15, 0.2) is 0 Å². The van der Waals surface area contributed by atoms with Gasteiger partial charge in [-0.3, -0.25) is 4.79 Å². The number of hydrogen-bond donors (Lipinski definition) is 2. The lowest BCUT2D eigenvalue weighted by molar-refractivity contribution is -0.119. The second-order valence-electron chi connectivity index (χ2n) is 4.89. The maximum absolute atomic E-state index is 13.8. The average molecular weight is 290 g/mol. The van der Waals surface area contributed by atoms with E-state index in [1.165, 1.54) is 17.0 Å². The van der Waals surface area contributed by atoms with Crippen LogP contribution in [0.1, 0.15) is 17.2 Å². The Morgan fingerprint density at radius 3 is 2.71 bits per heavy atom. The van der Waals surface area contributed by atoms with Gasteiger partial charge in [-0.1, -0.05) is 12.1 Å². The van der Waals surface area contributed by atoms with E-state index >= 15 is 0 Å². The second-order valence-corrected chi connectivity index (χ2v) is 4.89. The highest BCUT2D eigenvalue weighted by Gasteiger charge is 2.37. The quantitative estimate of drug-likeness (QED) is 0.891. The fourth-order valence-electron chi connectivity index (χ4n) is 2.51. The van der Waals surface area contributed by atoms with Crippen molar-refractivity contribution in [3.05, 3.63) is 59.2 Å². The molecule has 3 rings (SSSR count). The Morgan fingerprint density at radius 1 is 1.24 bits per heavy atom. The molecule has 3 N–H and O–H groups in total. The Balaban J connectivity index is 2.03. The van der Waals surface area contributed by atoms with Crippen molar-refractivity contribution in [1.29, 1.82) is 0 Å². The molecule has 21 heavy (non-hydrogen) atoms. The third-order valence-corrected chi connectivity index (χ3v) is 3.46. The minimum atomic E-state index is -1.14. The zero-order valence-corrected chi connectivity index (χ0v) is 10.9. The van der Waals surface area contributed by atoms with Crippen molar-refractivity contribution < 1.29 is 18.7 Å². The van der Waals surface area contributed by atoms with E-state index in [0.29, 0.717) is 11.6 Å².